The molecule has 0 aliphatic rings. The molecule has 0 bridgehead atoms. The highest BCUT2D eigenvalue weighted by Crippen LogP contribution is 2.33. The fourth-order valence-corrected chi connectivity index (χ4v) is 3.95. The fourth-order valence-electron chi connectivity index (χ4n) is 1.95. The van der Waals surface area contributed by atoms with Crippen LogP contribution in [0.4, 0.5) is 17.6 Å². The number of halogens is 4. The summed E-state index contributed by atoms with van der Waals surface area (Å²) in [7, 11) is -11.0. The van der Waals surface area contributed by atoms with Gasteiger partial charge in [-0.2, -0.15) is 0 Å². The number of hydrogen-bond acceptors (Lipinski definition) is 5. The van der Waals surface area contributed by atoms with Gasteiger partial charge in [0.1, 0.15) is 19.9 Å². The maximum absolute atomic E-state index is 14.0. The largest absolute Gasteiger partial charge is 0.744 e. The van der Waals surface area contributed by atoms with E-state index in [-0.39, 0.29) is 0 Å². The van der Waals surface area contributed by atoms with Gasteiger partial charge in [-0.05, 0) is 17.7 Å². The summed E-state index contributed by atoms with van der Waals surface area (Å²) in [4.78, 5) is -5.18. The second-order valence-electron chi connectivity index (χ2n) is 4.64. The Balaban J connectivity index is 2.85. The monoisotopic (exact) mass is 395 g/mol. The molecule has 0 atom stereocenters. The van der Waals surface area contributed by atoms with Gasteiger partial charge in [-0.3, -0.25) is 0 Å². The van der Waals surface area contributed by atoms with E-state index in [1.54, 1.807) is 0 Å². The molecule has 0 fully saturated rings. The molecule has 0 aliphatic carbocycles. The third-order valence-corrected chi connectivity index (χ3v) is 5.77. The van der Waals surface area contributed by atoms with Crippen LogP contribution in [-0.4, -0.2) is 21.4 Å². The SMILES string of the molecule is C=Cc1ccc(S(=O)(=O)c2c(F)c(F)c(S(=O)(=O)[O-])c(F)c2F)cc1. The fraction of sp³-hybridized carbons (Fsp3) is 0. The van der Waals surface area contributed by atoms with E-state index in [9.17, 15) is 39.0 Å². The van der Waals surface area contributed by atoms with E-state index in [2.05, 4.69) is 6.58 Å². The average Bonchev–Trinajstić information content (AvgIpc) is 2.52. The molecule has 0 heterocycles. The molecule has 2 rings (SSSR count). The third kappa shape index (κ3) is 3.17. The molecule has 5 nitrogen and oxygen atoms in total. The van der Waals surface area contributed by atoms with Gasteiger partial charge in [-0.15, -0.1) is 0 Å². The predicted octanol–water partition coefficient (Wildman–Crippen LogP) is 2.62. The zero-order valence-corrected chi connectivity index (χ0v) is 13.6. The molecule has 0 aromatic heterocycles. The summed E-state index contributed by atoms with van der Waals surface area (Å²) in [6.07, 6.45) is 1.34. The Morgan fingerprint density at radius 1 is 0.800 bits per heavy atom. The van der Waals surface area contributed by atoms with Crippen LogP contribution in [0.3, 0.4) is 0 Å². The number of rotatable bonds is 4. The van der Waals surface area contributed by atoms with Crippen molar-refractivity contribution in [1.82, 2.24) is 0 Å². The highest BCUT2D eigenvalue weighted by Gasteiger charge is 2.35. The zero-order valence-electron chi connectivity index (χ0n) is 12.0. The van der Waals surface area contributed by atoms with E-state index in [1.807, 2.05) is 0 Å². The molecule has 0 unspecified atom stereocenters. The van der Waals surface area contributed by atoms with Gasteiger partial charge in [0.15, 0.2) is 23.3 Å². The molecular formula is C14H7F4O5S2-. The molecule has 134 valence electrons. The molecule has 0 saturated heterocycles. The van der Waals surface area contributed by atoms with Crippen molar-refractivity contribution in [3.8, 4) is 0 Å². The van der Waals surface area contributed by atoms with E-state index in [4.69, 9.17) is 0 Å². The minimum atomic E-state index is -5.93. The Bertz CT molecular complexity index is 1050. The summed E-state index contributed by atoms with van der Waals surface area (Å²) in [6.45, 7) is 3.41. The molecule has 0 N–H and O–H groups in total. The Hall–Kier alpha value is -2.24. The van der Waals surface area contributed by atoms with Gasteiger partial charge in [0.25, 0.3) is 0 Å². The second kappa shape index (κ2) is 6.24. The van der Waals surface area contributed by atoms with E-state index < -0.39 is 57.9 Å². The minimum absolute atomic E-state index is 0.449. The first kappa shape index (κ1) is 19.1. The summed E-state index contributed by atoms with van der Waals surface area (Å²) in [5, 5.41) is 0. The Morgan fingerprint density at radius 2 is 1.20 bits per heavy atom. The van der Waals surface area contributed by atoms with Crippen molar-refractivity contribution in [2.24, 2.45) is 0 Å². The number of benzene rings is 2. The molecular weight excluding hydrogens is 388 g/mol. The predicted molar refractivity (Wildman–Crippen MR) is 76.2 cm³/mol. The van der Waals surface area contributed by atoms with Crippen LogP contribution in [0.15, 0.2) is 45.5 Å². The molecule has 2 aromatic rings. The summed E-state index contributed by atoms with van der Waals surface area (Å²) in [5.74, 6) is -10.3. The molecule has 0 spiro atoms. The summed E-state index contributed by atoms with van der Waals surface area (Å²) < 4.78 is 112. The molecule has 0 amide bonds. The Labute approximate surface area is 139 Å². The van der Waals surface area contributed by atoms with Crippen LogP contribution >= 0.6 is 0 Å². The maximum Gasteiger partial charge on any atom is 0.212 e. The molecule has 0 saturated carbocycles. The van der Waals surface area contributed by atoms with E-state index >= 15 is 0 Å². The second-order valence-corrected chi connectivity index (χ2v) is 7.85. The highest BCUT2D eigenvalue weighted by molar-refractivity contribution is 7.91. The number of hydrogen-bond donors (Lipinski definition) is 0. The lowest BCUT2D eigenvalue weighted by Gasteiger charge is -2.14. The normalized spacial score (nSPS) is 12.2. The van der Waals surface area contributed by atoms with Crippen molar-refractivity contribution in [2.75, 3.05) is 0 Å². The first-order chi connectivity index (χ1) is 11.4. The van der Waals surface area contributed by atoms with Gasteiger partial charge in [0.05, 0.1) is 4.90 Å². The highest BCUT2D eigenvalue weighted by atomic mass is 32.2. The van der Waals surface area contributed by atoms with E-state index in [0.29, 0.717) is 5.56 Å². The lowest BCUT2D eigenvalue weighted by Crippen LogP contribution is -2.16. The van der Waals surface area contributed by atoms with Crippen molar-refractivity contribution in [3.63, 3.8) is 0 Å². The van der Waals surface area contributed by atoms with Crippen molar-refractivity contribution in [1.29, 1.82) is 0 Å². The first-order valence-electron chi connectivity index (χ1n) is 6.22. The topological polar surface area (TPSA) is 91.3 Å². The van der Waals surface area contributed by atoms with Crippen LogP contribution < -0.4 is 0 Å². The molecule has 0 aliphatic heterocycles. The summed E-state index contributed by atoms with van der Waals surface area (Å²) in [6, 6.07) is 4.22. The smallest absolute Gasteiger partial charge is 0.212 e. The zero-order chi connectivity index (χ0) is 19.2. The van der Waals surface area contributed by atoms with Crippen LogP contribution in [0.1, 0.15) is 5.56 Å². The molecule has 11 heteroatoms. The van der Waals surface area contributed by atoms with Crippen molar-refractivity contribution < 1.29 is 39.0 Å². The molecule has 25 heavy (non-hydrogen) atoms. The van der Waals surface area contributed by atoms with Gasteiger partial charge in [-0.1, -0.05) is 24.8 Å². The summed E-state index contributed by atoms with van der Waals surface area (Å²) >= 11 is 0. The van der Waals surface area contributed by atoms with E-state index in [1.165, 1.54) is 18.2 Å². The maximum atomic E-state index is 14.0. The Morgan fingerprint density at radius 3 is 1.56 bits per heavy atom. The number of sulfone groups is 1. The van der Waals surface area contributed by atoms with Gasteiger partial charge >= 0.3 is 0 Å². The van der Waals surface area contributed by atoms with Crippen molar-refractivity contribution >= 4 is 26.0 Å². The minimum Gasteiger partial charge on any atom is -0.744 e. The summed E-state index contributed by atoms with van der Waals surface area (Å²) in [5.41, 5.74) is 0.449. The van der Waals surface area contributed by atoms with Crippen molar-refractivity contribution in [3.05, 3.63) is 59.7 Å². The van der Waals surface area contributed by atoms with E-state index in [0.717, 1.165) is 12.1 Å². The van der Waals surface area contributed by atoms with Crippen molar-refractivity contribution in [2.45, 2.75) is 14.7 Å². The first-order valence-corrected chi connectivity index (χ1v) is 9.11. The average molecular weight is 395 g/mol. The lowest BCUT2D eigenvalue weighted by atomic mass is 10.2. The van der Waals surface area contributed by atoms with Crippen LogP contribution in [0.5, 0.6) is 0 Å². The quantitative estimate of drug-likeness (QED) is 0.451. The van der Waals surface area contributed by atoms with Gasteiger partial charge in [0, 0.05) is 0 Å². The van der Waals surface area contributed by atoms with Crippen LogP contribution in [0.25, 0.3) is 6.08 Å². The van der Waals surface area contributed by atoms with Gasteiger partial charge < -0.3 is 4.55 Å². The van der Waals surface area contributed by atoms with Crippen LogP contribution in [0, 0.1) is 23.3 Å². The molecule has 2 aromatic carbocycles. The third-order valence-electron chi connectivity index (χ3n) is 3.13. The van der Waals surface area contributed by atoms with Crippen LogP contribution in [-0.2, 0) is 20.0 Å². The standard InChI is InChI=1S/C14H8F4O5S2/c1-2-7-3-5-8(6-4-7)24(19,20)13-9(15)11(17)14(25(21,22)23)12(18)10(13)16/h2-6H,1H2,(H,21,22,23)/p-1. The Kier molecular flexibility index (Phi) is 4.77. The van der Waals surface area contributed by atoms with Crippen LogP contribution in [0.2, 0.25) is 0 Å². The van der Waals surface area contributed by atoms with Gasteiger partial charge in [-0.25, -0.2) is 34.4 Å². The van der Waals surface area contributed by atoms with Gasteiger partial charge in [0.2, 0.25) is 9.84 Å². The lowest BCUT2D eigenvalue weighted by molar-refractivity contribution is 0.377. The molecule has 0 radical (unpaired) electrons.